The highest BCUT2D eigenvalue weighted by Crippen LogP contribution is 2.18. The summed E-state index contributed by atoms with van der Waals surface area (Å²) in [6.07, 6.45) is 75.1. The van der Waals surface area contributed by atoms with E-state index >= 15 is 0 Å². The SMILES string of the molecule is CCCCCCCCCCCCCCCCC/C=C/C(O)C(CO)NC(=O)CCCCCCC/C=C\CCCCCCCCCCCOC(=O)CCCCCCCCCCCCCCCCCCCCC. The molecule has 0 aliphatic rings. The number of allylic oxidation sites excluding steroid dienone is 3. The molecular weight excluding hydrogens is 875 g/mol. The molecule has 6 nitrogen and oxygen atoms in total. The van der Waals surface area contributed by atoms with Crippen molar-refractivity contribution in [3.63, 3.8) is 0 Å². The number of aliphatic hydroxyl groups is 2. The van der Waals surface area contributed by atoms with Gasteiger partial charge >= 0.3 is 5.97 Å². The van der Waals surface area contributed by atoms with Crippen LogP contribution in [0.2, 0.25) is 0 Å². The Morgan fingerprint density at radius 3 is 1.00 bits per heavy atom. The summed E-state index contributed by atoms with van der Waals surface area (Å²) in [5, 5.41) is 23.1. The van der Waals surface area contributed by atoms with Crippen molar-refractivity contribution in [2.45, 2.75) is 366 Å². The number of rotatable bonds is 60. The molecule has 6 heteroatoms. The molecule has 0 rings (SSSR count). The van der Waals surface area contributed by atoms with Gasteiger partial charge < -0.3 is 20.3 Å². The Labute approximate surface area is 443 Å². The third kappa shape index (κ3) is 57.5. The standard InChI is InChI=1S/C65H125NO5/c1-3-5-7-9-11-13-15-17-19-21-22-27-31-35-39-43-47-51-55-59-65(70)71-60-56-52-48-44-40-36-32-28-24-23-26-30-34-38-42-46-50-54-58-64(69)66-62(61-67)63(68)57-53-49-45-41-37-33-29-25-20-18-16-14-12-10-8-6-4-2/h26,30,53,57,62-63,67-68H,3-25,27-29,31-52,54-56,58-61H2,1-2H3,(H,66,69)/b30-26-,57-53+. The maximum atomic E-state index is 12.5. The van der Waals surface area contributed by atoms with E-state index in [9.17, 15) is 19.8 Å². The van der Waals surface area contributed by atoms with Gasteiger partial charge in [-0.1, -0.05) is 308 Å². The molecule has 0 aromatic carbocycles. The van der Waals surface area contributed by atoms with E-state index in [1.807, 2.05) is 6.08 Å². The topological polar surface area (TPSA) is 95.9 Å². The fourth-order valence-corrected chi connectivity index (χ4v) is 10.0. The Bertz CT molecular complexity index is 1110. The van der Waals surface area contributed by atoms with Crippen molar-refractivity contribution in [1.29, 1.82) is 0 Å². The first-order valence-corrected chi connectivity index (χ1v) is 32.1. The van der Waals surface area contributed by atoms with Crippen molar-refractivity contribution in [2.24, 2.45) is 0 Å². The van der Waals surface area contributed by atoms with Gasteiger partial charge in [0.05, 0.1) is 25.4 Å². The average molecular weight is 1000 g/mol. The van der Waals surface area contributed by atoms with E-state index in [-0.39, 0.29) is 18.5 Å². The monoisotopic (exact) mass is 1000 g/mol. The lowest BCUT2D eigenvalue weighted by Crippen LogP contribution is -2.45. The normalized spacial score (nSPS) is 12.7. The Hall–Kier alpha value is -1.66. The van der Waals surface area contributed by atoms with E-state index in [4.69, 9.17) is 4.74 Å². The summed E-state index contributed by atoms with van der Waals surface area (Å²) in [5.41, 5.74) is 0. The Morgan fingerprint density at radius 1 is 0.380 bits per heavy atom. The second kappa shape index (κ2) is 60.9. The van der Waals surface area contributed by atoms with Crippen LogP contribution in [0.3, 0.4) is 0 Å². The summed E-state index contributed by atoms with van der Waals surface area (Å²) in [6.45, 7) is 4.92. The number of unbranched alkanes of at least 4 members (excludes halogenated alkanes) is 47. The van der Waals surface area contributed by atoms with Crippen LogP contribution in [-0.2, 0) is 14.3 Å². The number of esters is 1. The number of hydrogen-bond acceptors (Lipinski definition) is 5. The van der Waals surface area contributed by atoms with E-state index in [1.54, 1.807) is 6.08 Å². The predicted molar refractivity (Wildman–Crippen MR) is 310 cm³/mol. The van der Waals surface area contributed by atoms with E-state index in [0.717, 1.165) is 57.8 Å². The Kier molecular flexibility index (Phi) is 59.5. The van der Waals surface area contributed by atoms with Crippen LogP contribution in [0.25, 0.3) is 0 Å². The summed E-state index contributed by atoms with van der Waals surface area (Å²) in [6, 6.07) is -0.638. The summed E-state index contributed by atoms with van der Waals surface area (Å²) in [7, 11) is 0. The third-order valence-electron chi connectivity index (χ3n) is 15.0. The van der Waals surface area contributed by atoms with Gasteiger partial charge in [0.1, 0.15) is 0 Å². The molecule has 0 radical (unpaired) electrons. The lowest BCUT2D eigenvalue weighted by Gasteiger charge is -2.20. The quantitative estimate of drug-likeness (QED) is 0.0320. The zero-order chi connectivity index (χ0) is 51.4. The highest BCUT2D eigenvalue weighted by atomic mass is 16.5. The minimum atomic E-state index is -0.853. The molecule has 0 aliphatic carbocycles. The van der Waals surface area contributed by atoms with Crippen molar-refractivity contribution in [3.8, 4) is 0 Å². The van der Waals surface area contributed by atoms with E-state index in [0.29, 0.717) is 19.4 Å². The largest absolute Gasteiger partial charge is 0.466 e. The summed E-state index contributed by atoms with van der Waals surface area (Å²) in [5.74, 6) is -0.0724. The molecule has 1 amide bonds. The highest BCUT2D eigenvalue weighted by Gasteiger charge is 2.18. The predicted octanol–water partition coefficient (Wildman–Crippen LogP) is 20.2. The lowest BCUT2D eigenvalue weighted by molar-refractivity contribution is -0.143. The van der Waals surface area contributed by atoms with Gasteiger partial charge in [0.15, 0.2) is 0 Å². The van der Waals surface area contributed by atoms with Gasteiger partial charge in [-0.25, -0.2) is 0 Å². The molecule has 0 fully saturated rings. The average Bonchev–Trinajstić information content (AvgIpc) is 3.37. The van der Waals surface area contributed by atoms with Crippen LogP contribution >= 0.6 is 0 Å². The number of hydrogen-bond donors (Lipinski definition) is 3. The van der Waals surface area contributed by atoms with Gasteiger partial charge in [-0.2, -0.15) is 0 Å². The second-order valence-electron chi connectivity index (χ2n) is 22.1. The molecule has 0 heterocycles. The number of amides is 1. The van der Waals surface area contributed by atoms with E-state index in [2.05, 4.69) is 31.3 Å². The van der Waals surface area contributed by atoms with Gasteiger partial charge in [0.2, 0.25) is 5.91 Å². The van der Waals surface area contributed by atoms with Crippen LogP contribution in [-0.4, -0.2) is 47.4 Å². The minimum absolute atomic E-state index is 0.00743. The summed E-state index contributed by atoms with van der Waals surface area (Å²) >= 11 is 0. The smallest absolute Gasteiger partial charge is 0.305 e. The lowest BCUT2D eigenvalue weighted by atomic mass is 10.0. The van der Waals surface area contributed by atoms with Crippen LogP contribution in [0.5, 0.6) is 0 Å². The maximum absolute atomic E-state index is 12.5. The third-order valence-corrected chi connectivity index (χ3v) is 15.0. The first kappa shape index (κ1) is 69.3. The molecule has 0 aromatic heterocycles. The number of carbonyl (C=O) groups excluding carboxylic acids is 2. The van der Waals surface area contributed by atoms with Gasteiger partial charge in [0.25, 0.3) is 0 Å². The molecule has 0 aliphatic heterocycles. The fraction of sp³-hybridized carbons (Fsp3) is 0.908. The molecule has 0 spiro atoms. The van der Waals surface area contributed by atoms with E-state index in [1.165, 1.54) is 270 Å². The zero-order valence-electron chi connectivity index (χ0n) is 48.0. The zero-order valence-corrected chi connectivity index (χ0v) is 48.0. The number of ether oxygens (including phenoxy) is 1. The maximum Gasteiger partial charge on any atom is 0.305 e. The number of carbonyl (C=O) groups is 2. The summed E-state index contributed by atoms with van der Waals surface area (Å²) < 4.78 is 5.50. The van der Waals surface area contributed by atoms with Crippen LogP contribution < -0.4 is 5.32 Å². The van der Waals surface area contributed by atoms with Gasteiger partial charge in [-0.05, 0) is 57.8 Å². The molecule has 2 atom stereocenters. The van der Waals surface area contributed by atoms with Crippen LogP contribution in [0.1, 0.15) is 354 Å². The molecule has 0 saturated carbocycles. The molecule has 0 bridgehead atoms. The minimum Gasteiger partial charge on any atom is -0.466 e. The highest BCUT2D eigenvalue weighted by molar-refractivity contribution is 5.76. The molecule has 420 valence electrons. The van der Waals surface area contributed by atoms with Crippen LogP contribution in [0.4, 0.5) is 0 Å². The molecule has 0 aromatic rings. The first-order valence-electron chi connectivity index (χ1n) is 32.1. The summed E-state index contributed by atoms with van der Waals surface area (Å²) in [4.78, 5) is 24.6. The van der Waals surface area contributed by atoms with Crippen LogP contribution in [0, 0.1) is 0 Å². The van der Waals surface area contributed by atoms with Crippen molar-refractivity contribution in [2.75, 3.05) is 13.2 Å². The molecule has 71 heavy (non-hydrogen) atoms. The van der Waals surface area contributed by atoms with Crippen molar-refractivity contribution in [1.82, 2.24) is 5.32 Å². The molecule has 3 N–H and O–H groups in total. The van der Waals surface area contributed by atoms with Gasteiger partial charge in [0, 0.05) is 12.8 Å². The van der Waals surface area contributed by atoms with Gasteiger partial charge in [-0.3, -0.25) is 9.59 Å². The molecule has 0 saturated heterocycles. The second-order valence-corrected chi connectivity index (χ2v) is 22.1. The van der Waals surface area contributed by atoms with Crippen molar-refractivity contribution in [3.05, 3.63) is 24.3 Å². The number of aliphatic hydroxyl groups excluding tert-OH is 2. The molecule has 2 unspecified atom stereocenters. The van der Waals surface area contributed by atoms with Crippen molar-refractivity contribution >= 4 is 11.9 Å². The Balaban J connectivity index is 3.44. The Morgan fingerprint density at radius 2 is 0.662 bits per heavy atom. The molecular formula is C65H125NO5. The first-order chi connectivity index (χ1) is 35.0. The van der Waals surface area contributed by atoms with Crippen molar-refractivity contribution < 1.29 is 24.5 Å². The van der Waals surface area contributed by atoms with E-state index < -0.39 is 12.1 Å². The van der Waals surface area contributed by atoms with Crippen LogP contribution in [0.15, 0.2) is 24.3 Å². The number of nitrogens with one attached hydrogen (secondary N) is 1. The fourth-order valence-electron chi connectivity index (χ4n) is 10.0. The van der Waals surface area contributed by atoms with Gasteiger partial charge in [-0.15, -0.1) is 0 Å².